The molecule has 1 aliphatic heterocycles. The Hall–Kier alpha value is -1.18. The first-order chi connectivity index (χ1) is 6.70. The van der Waals surface area contributed by atoms with Gasteiger partial charge >= 0.3 is 0 Å². The molecule has 2 nitrogen and oxygen atoms in total. The SMILES string of the molecule is CCC(C)c1ccc2c(c1)OC(C)O2. The third-order valence-electron chi connectivity index (χ3n) is 2.74. The standard InChI is InChI=1S/C12H16O2/c1-4-8(2)10-5-6-11-12(7-10)14-9(3)13-11/h5-9H,4H2,1-3H3. The molecule has 1 aromatic carbocycles. The van der Waals surface area contributed by atoms with Gasteiger partial charge in [-0.25, -0.2) is 0 Å². The molecule has 1 aliphatic rings. The van der Waals surface area contributed by atoms with Crippen molar-refractivity contribution in [3.63, 3.8) is 0 Å². The number of rotatable bonds is 2. The fraction of sp³-hybridized carbons (Fsp3) is 0.500. The molecule has 0 bridgehead atoms. The van der Waals surface area contributed by atoms with Crippen molar-refractivity contribution < 1.29 is 9.47 Å². The lowest BCUT2D eigenvalue weighted by Crippen LogP contribution is -2.11. The van der Waals surface area contributed by atoms with Gasteiger partial charge in [0.05, 0.1) is 0 Å². The Bertz CT molecular complexity index is 333. The third kappa shape index (κ3) is 1.57. The van der Waals surface area contributed by atoms with Crippen molar-refractivity contribution in [2.24, 2.45) is 0 Å². The van der Waals surface area contributed by atoms with Crippen molar-refractivity contribution in [2.45, 2.75) is 39.4 Å². The Morgan fingerprint density at radius 3 is 2.71 bits per heavy atom. The van der Waals surface area contributed by atoms with Crippen LogP contribution in [0.1, 0.15) is 38.7 Å². The molecule has 2 heteroatoms. The van der Waals surface area contributed by atoms with Crippen LogP contribution < -0.4 is 9.47 Å². The summed E-state index contributed by atoms with van der Waals surface area (Å²) in [6.45, 7) is 6.32. The number of hydrogen-bond acceptors (Lipinski definition) is 2. The van der Waals surface area contributed by atoms with Gasteiger partial charge in [0.2, 0.25) is 6.29 Å². The van der Waals surface area contributed by atoms with Gasteiger partial charge in [-0.1, -0.05) is 19.9 Å². The molecular formula is C12H16O2. The van der Waals surface area contributed by atoms with Crippen molar-refractivity contribution >= 4 is 0 Å². The first-order valence-electron chi connectivity index (χ1n) is 5.18. The lowest BCUT2D eigenvalue weighted by molar-refractivity contribution is 0.0678. The van der Waals surface area contributed by atoms with Crippen molar-refractivity contribution in [2.75, 3.05) is 0 Å². The summed E-state index contributed by atoms with van der Waals surface area (Å²) in [4.78, 5) is 0. The first-order valence-corrected chi connectivity index (χ1v) is 5.18. The summed E-state index contributed by atoms with van der Waals surface area (Å²) in [5.74, 6) is 2.33. The maximum atomic E-state index is 5.52. The van der Waals surface area contributed by atoms with Crippen LogP contribution >= 0.6 is 0 Å². The van der Waals surface area contributed by atoms with Crippen LogP contribution in [0.25, 0.3) is 0 Å². The second-order valence-corrected chi connectivity index (χ2v) is 3.82. The molecule has 2 atom stereocenters. The number of benzene rings is 1. The number of fused-ring (bicyclic) bond motifs is 1. The van der Waals surface area contributed by atoms with E-state index in [9.17, 15) is 0 Å². The Morgan fingerprint density at radius 2 is 2.00 bits per heavy atom. The van der Waals surface area contributed by atoms with Crippen LogP contribution in [-0.4, -0.2) is 6.29 Å². The van der Waals surface area contributed by atoms with E-state index in [0.717, 1.165) is 17.9 Å². The molecule has 0 aliphatic carbocycles. The van der Waals surface area contributed by atoms with E-state index in [2.05, 4.69) is 26.0 Å². The Balaban J connectivity index is 2.28. The fourth-order valence-corrected chi connectivity index (χ4v) is 1.64. The Labute approximate surface area is 84.8 Å². The molecule has 2 unspecified atom stereocenters. The van der Waals surface area contributed by atoms with Crippen LogP contribution in [0.4, 0.5) is 0 Å². The van der Waals surface area contributed by atoms with Crippen LogP contribution in [0.5, 0.6) is 11.5 Å². The zero-order valence-electron chi connectivity index (χ0n) is 8.91. The van der Waals surface area contributed by atoms with Crippen LogP contribution in [0.3, 0.4) is 0 Å². The molecule has 1 heterocycles. The van der Waals surface area contributed by atoms with E-state index in [0.29, 0.717) is 5.92 Å². The number of ether oxygens (including phenoxy) is 2. The van der Waals surface area contributed by atoms with Gasteiger partial charge in [-0.3, -0.25) is 0 Å². The molecule has 0 fully saturated rings. The molecule has 0 saturated heterocycles. The van der Waals surface area contributed by atoms with Crippen LogP contribution in [0.2, 0.25) is 0 Å². The molecule has 76 valence electrons. The summed E-state index contributed by atoms with van der Waals surface area (Å²) in [6, 6.07) is 6.21. The molecular weight excluding hydrogens is 176 g/mol. The zero-order chi connectivity index (χ0) is 10.1. The van der Waals surface area contributed by atoms with Gasteiger partial charge in [0.15, 0.2) is 11.5 Å². The molecule has 1 aromatic rings. The number of hydrogen-bond donors (Lipinski definition) is 0. The van der Waals surface area contributed by atoms with Crippen LogP contribution in [0.15, 0.2) is 18.2 Å². The van der Waals surface area contributed by atoms with Gasteiger partial charge in [0.1, 0.15) is 0 Å². The van der Waals surface area contributed by atoms with Crippen molar-refractivity contribution in [1.29, 1.82) is 0 Å². The highest BCUT2D eigenvalue weighted by molar-refractivity contribution is 5.45. The third-order valence-corrected chi connectivity index (χ3v) is 2.74. The quantitative estimate of drug-likeness (QED) is 0.715. The maximum absolute atomic E-state index is 5.52. The predicted molar refractivity (Wildman–Crippen MR) is 55.9 cm³/mol. The van der Waals surface area contributed by atoms with Gasteiger partial charge in [0.25, 0.3) is 0 Å². The lowest BCUT2D eigenvalue weighted by atomic mass is 9.98. The average Bonchev–Trinajstić information content (AvgIpc) is 2.55. The summed E-state index contributed by atoms with van der Waals surface area (Å²) >= 11 is 0. The molecule has 0 amide bonds. The Morgan fingerprint density at radius 1 is 1.29 bits per heavy atom. The molecule has 14 heavy (non-hydrogen) atoms. The van der Waals surface area contributed by atoms with Gasteiger partial charge in [-0.15, -0.1) is 0 Å². The molecule has 2 rings (SSSR count). The molecule has 0 saturated carbocycles. The van der Waals surface area contributed by atoms with Crippen LogP contribution in [0, 0.1) is 0 Å². The topological polar surface area (TPSA) is 18.5 Å². The van der Waals surface area contributed by atoms with Gasteiger partial charge < -0.3 is 9.47 Å². The predicted octanol–water partition coefficient (Wildman–Crippen LogP) is 3.32. The van der Waals surface area contributed by atoms with E-state index in [4.69, 9.17) is 9.47 Å². The second-order valence-electron chi connectivity index (χ2n) is 3.82. The van der Waals surface area contributed by atoms with Crippen LogP contribution in [-0.2, 0) is 0 Å². The van der Waals surface area contributed by atoms with Crippen molar-refractivity contribution in [3.05, 3.63) is 23.8 Å². The minimum Gasteiger partial charge on any atom is -0.451 e. The van der Waals surface area contributed by atoms with E-state index < -0.39 is 0 Å². The Kier molecular flexibility index (Phi) is 2.36. The minimum atomic E-state index is -0.141. The summed E-state index contributed by atoms with van der Waals surface area (Å²) in [7, 11) is 0. The smallest absolute Gasteiger partial charge is 0.238 e. The van der Waals surface area contributed by atoms with E-state index in [1.165, 1.54) is 5.56 Å². The monoisotopic (exact) mass is 192 g/mol. The molecule has 0 radical (unpaired) electrons. The summed E-state index contributed by atoms with van der Waals surface area (Å²) in [6.07, 6.45) is 1.01. The summed E-state index contributed by atoms with van der Waals surface area (Å²) in [5, 5.41) is 0. The zero-order valence-corrected chi connectivity index (χ0v) is 8.91. The van der Waals surface area contributed by atoms with Crippen molar-refractivity contribution in [3.8, 4) is 11.5 Å². The average molecular weight is 192 g/mol. The summed E-state index contributed by atoms with van der Waals surface area (Å²) in [5.41, 5.74) is 1.32. The summed E-state index contributed by atoms with van der Waals surface area (Å²) < 4.78 is 11.0. The molecule has 0 N–H and O–H groups in total. The van der Waals surface area contributed by atoms with E-state index in [1.54, 1.807) is 0 Å². The van der Waals surface area contributed by atoms with Gasteiger partial charge in [0, 0.05) is 6.92 Å². The minimum absolute atomic E-state index is 0.141. The molecule has 0 spiro atoms. The highest BCUT2D eigenvalue weighted by Crippen LogP contribution is 2.37. The highest BCUT2D eigenvalue weighted by atomic mass is 16.7. The normalized spacial score (nSPS) is 20.9. The maximum Gasteiger partial charge on any atom is 0.238 e. The largest absolute Gasteiger partial charge is 0.451 e. The first kappa shape index (κ1) is 9.38. The lowest BCUT2D eigenvalue weighted by Gasteiger charge is -2.08. The van der Waals surface area contributed by atoms with Crippen molar-refractivity contribution in [1.82, 2.24) is 0 Å². The van der Waals surface area contributed by atoms with Gasteiger partial charge in [-0.2, -0.15) is 0 Å². The highest BCUT2D eigenvalue weighted by Gasteiger charge is 2.20. The second kappa shape index (κ2) is 3.52. The van der Waals surface area contributed by atoms with Gasteiger partial charge in [-0.05, 0) is 30.0 Å². The van der Waals surface area contributed by atoms with E-state index >= 15 is 0 Å². The van der Waals surface area contributed by atoms with E-state index in [-0.39, 0.29) is 6.29 Å². The molecule has 0 aromatic heterocycles. The fourth-order valence-electron chi connectivity index (χ4n) is 1.64. The van der Waals surface area contributed by atoms with E-state index in [1.807, 2.05) is 13.0 Å².